The van der Waals surface area contributed by atoms with Crippen molar-refractivity contribution < 1.29 is 4.79 Å². The summed E-state index contributed by atoms with van der Waals surface area (Å²) in [4.78, 5) is 14.8. The van der Waals surface area contributed by atoms with Gasteiger partial charge in [-0.3, -0.25) is 10.1 Å². The van der Waals surface area contributed by atoms with Crippen molar-refractivity contribution in [2.75, 3.05) is 6.54 Å². The van der Waals surface area contributed by atoms with Crippen LogP contribution in [0.15, 0.2) is 24.3 Å². The lowest BCUT2D eigenvalue weighted by atomic mass is 10.1. The zero-order valence-electron chi connectivity index (χ0n) is 12.2. The number of benzene rings is 1. The van der Waals surface area contributed by atoms with E-state index in [2.05, 4.69) is 48.3 Å². The minimum Gasteiger partial charge on any atom is -0.321 e. The van der Waals surface area contributed by atoms with Crippen molar-refractivity contribution in [1.29, 1.82) is 0 Å². The molecule has 0 bridgehead atoms. The van der Waals surface area contributed by atoms with Crippen molar-refractivity contribution in [3.63, 3.8) is 0 Å². The van der Waals surface area contributed by atoms with E-state index in [4.69, 9.17) is 0 Å². The van der Waals surface area contributed by atoms with Gasteiger partial charge in [0, 0.05) is 6.54 Å². The standard InChI is InChI=1S/C17H22N2O/c1-11-3-5-13(6-4-11)15-18-17(7-8-17)16(20)19(15)10-14-9-12(14)2/h3-6,12,14-15,18H,7-10H2,1-2H3. The highest BCUT2D eigenvalue weighted by Crippen LogP contribution is 2.48. The second kappa shape index (κ2) is 4.08. The summed E-state index contributed by atoms with van der Waals surface area (Å²) in [5, 5.41) is 3.60. The van der Waals surface area contributed by atoms with Crippen LogP contribution in [0.4, 0.5) is 0 Å². The first-order chi connectivity index (χ1) is 9.59. The highest BCUT2D eigenvalue weighted by molar-refractivity contribution is 5.92. The molecule has 1 aliphatic heterocycles. The highest BCUT2D eigenvalue weighted by atomic mass is 16.2. The molecule has 1 heterocycles. The number of carbonyl (C=O) groups is 1. The zero-order valence-corrected chi connectivity index (χ0v) is 12.2. The molecule has 3 atom stereocenters. The number of rotatable bonds is 3. The Bertz CT molecular complexity index is 547. The molecule has 3 aliphatic rings. The Balaban J connectivity index is 1.61. The van der Waals surface area contributed by atoms with E-state index in [1.165, 1.54) is 17.5 Å². The van der Waals surface area contributed by atoms with Gasteiger partial charge < -0.3 is 4.90 Å². The molecule has 0 aromatic heterocycles. The second-order valence-electron chi connectivity index (χ2n) is 6.97. The van der Waals surface area contributed by atoms with Crippen molar-refractivity contribution in [3.05, 3.63) is 35.4 Å². The van der Waals surface area contributed by atoms with E-state index in [1.807, 2.05) is 0 Å². The molecule has 1 saturated heterocycles. The lowest BCUT2D eigenvalue weighted by molar-refractivity contribution is -0.131. The van der Waals surface area contributed by atoms with Crippen LogP contribution in [0.3, 0.4) is 0 Å². The maximum absolute atomic E-state index is 12.7. The Labute approximate surface area is 120 Å². The van der Waals surface area contributed by atoms with Crippen LogP contribution in [0.25, 0.3) is 0 Å². The summed E-state index contributed by atoms with van der Waals surface area (Å²) >= 11 is 0. The molecule has 3 heteroatoms. The van der Waals surface area contributed by atoms with Gasteiger partial charge >= 0.3 is 0 Å². The van der Waals surface area contributed by atoms with Gasteiger partial charge in [0.2, 0.25) is 5.91 Å². The Hall–Kier alpha value is -1.35. The number of hydrogen-bond acceptors (Lipinski definition) is 2. The molecule has 1 aromatic rings. The van der Waals surface area contributed by atoms with Crippen LogP contribution in [-0.2, 0) is 4.79 Å². The van der Waals surface area contributed by atoms with E-state index in [9.17, 15) is 4.79 Å². The van der Waals surface area contributed by atoms with Gasteiger partial charge in [0.25, 0.3) is 0 Å². The fraction of sp³-hybridized carbons (Fsp3) is 0.588. The Kier molecular flexibility index (Phi) is 2.53. The number of carbonyl (C=O) groups excluding carboxylic acids is 1. The SMILES string of the molecule is Cc1ccc(C2NC3(CC3)C(=O)N2CC2CC2C)cc1. The summed E-state index contributed by atoms with van der Waals surface area (Å²) < 4.78 is 0. The molecule has 3 unspecified atom stereocenters. The zero-order chi connectivity index (χ0) is 13.9. The van der Waals surface area contributed by atoms with E-state index in [-0.39, 0.29) is 11.7 Å². The summed E-state index contributed by atoms with van der Waals surface area (Å²) in [7, 11) is 0. The van der Waals surface area contributed by atoms with Gasteiger partial charge in [0.15, 0.2) is 0 Å². The van der Waals surface area contributed by atoms with Crippen LogP contribution in [0, 0.1) is 18.8 Å². The molecule has 1 aromatic carbocycles. The van der Waals surface area contributed by atoms with Crippen molar-refractivity contribution in [3.8, 4) is 0 Å². The van der Waals surface area contributed by atoms with E-state index >= 15 is 0 Å². The molecule has 1 amide bonds. The molecule has 0 radical (unpaired) electrons. The number of hydrogen-bond donors (Lipinski definition) is 1. The van der Waals surface area contributed by atoms with Gasteiger partial charge in [-0.2, -0.15) is 0 Å². The third-order valence-corrected chi connectivity index (χ3v) is 5.25. The van der Waals surface area contributed by atoms with Gasteiger partial charge in [0.1, 0.15) is 11.7 Å². The van der Waals surface area contributed by atoms with E-state index in [0.29, 0.717) is 11.8 Å². The van der Waals surface area contributed by atoms with E-state index in [1.54, 1.807) is 0 Å². The van der Waals surface area contributed by atoms with Crippen molar-refractivity contribution in [1.82, 2.24) is 10.2 Å². The number of nitrogens with one attached hydrogen (secondary N) is 1. The summed E-state index contributed by atoms with van der Waals surface area (Å²) in [6, 6.07) is 8.59. The molecule has 2 aliphatic carbocycles. The summed E-state index contributed by atoms with van der Waals surface area (Å²) in [6.07, 6.45) is 3.37. The minimum atomic E-state index is -0.215. The van der Waals surface area contributed by atoms with Crippen molar-refractivity contribution in [2.24, 2.45) is 11.8 Å². The van der Waals surface area contributed by atoms with Crippen molar-refractivity contribution in [2.45, 2.75) is 44.8 Å². The quantitative estimate of drug-likeness (QED) is 0.915. The van der Waals surface area contributed by atoms with Crippen LogP contribution in [-0.4, -0.2) is 22.9 Å². The summed E-state index contributed by atoms with van der Waals surface area (Å²) in [5.74, 6) is 1.84. The normalized spacial score (nSPS) is 33.8. The molecule has 1 spiro atoms. The number of nitrogens with zero attached hydrogens (tertiary/aromatic N) is 1. The second-order valence-corrected chi connectivity index (χ2v) is 6.97. The lowest BCUT2D eigenvalue weighted by Crippen LogP contribution is -2.33. The fourth-order valence-electron chi connectivity index (χ4n) is 3.38. The summed E-state index contributed by atoms with van der Waals surface area (Å²) in [6.45, 7) is 5.31. The first-order valence-electron chi connectivity index (χ1n) is 7.74. The highest BCUT2D eigenvalue weighted by Gasteiger charge is 2.60. The Morgan fingerprint density at radius 2 is 1.95 bits per heavy atom. The van der Waals surface area contributed by atoms with Gasteiger partial charge in [-0.05, 0) is 43.6 Å². The van der Waals surface area contributed by atoms with Gasteiger partial charge in [-0.25, -0.2) is 0 Å². The van der Waals surface area contributed by atoms with Crippen LogP contribution in [0.2, 0.25) is 0 Å². The molecule has 3 fully saturated rings. The minimum absolute atomic E-state index is 0.0819. The third-order valence-electron chi connectivity index (χ3n) is 5.25. The Morgan fingerprint density at radius 3 is 2.50 bits per heavy atom. The smallest absolute Gasteiger partial charge is 0.244 e. The van der Waals surface area contributed by atoms with Gasteiger partial charge in [-0.1, -0.05) is 36.8 Å². The maximum Gasteiger partial charge on any atom is 0.244 e. The van der Waals surface area contributed by atoms with E-state index in [0.717, 1.165) is 25.3 Å². The molecule has 4 rings (SSSR count). The van der Waals surface area contributed by atoms with Crippen LogP contribution < -0.4 is 5.32 Å². The lowest BCUT2D eigenvalue weighted by Gasteiger charge is -2.24. The first kappa shape index (κ1) is 12.4. The molecule has 1 N–H and O–H groups in total. The molecule has 3 nitrogen and oxygen atoms in total. The van der Waals surface area contributed by atoms with Crippen molar-refractivity contribution >= 4 is 5.91 Å². The molecular weight excluding hydrogens is 248 g/mol. The van der Waals surface area contributed by atoms with E-state index < -0.39 is 0 Å². The topological polar surface area (TPSA) is 32.3 Å². The third kappa shape index (κ3) is 1.87. The predicted octanol–water partition coefficient (Wildman–Crippen LogP) is 2.61. The molecule has 2 saturated carbocycles. The predicted molar refractivity (Wildman–Crippen MR) is 78.0 cm³/mol. The number of amides is 1. The van der Waals surface area contributed by atoms with Crippen LogP contribution in [0.1, 0.15) is 43.5 Å². The van der Waals surface area contributed by atoms with Crippen LogP contribution in [0.5, 0.6) is 0 Å². The largest absolute Gasteiger partial charge is 0.321 e. The first-order valence-corrected chi connectivity index (χ1v) is 7.74. The molecular formula is C17H22N2O. The fourth-order valence-corrected chi connectivity index (χ4v) is 3.38. The van der Waals surface area contributed by atoms with Crippen LogP contribution >= 0.6 is 0 Å². The number of aryl methyl sites for hydroxylation is 1. The average molecular weight is 270 g/mol. The maximum atomic E-state index is 12.7. The van der Waals surface area contributed by atoms with Gasteiger partial charge in [-0.15, -0.1) is 0 Å². The molecule has 20 heavy (non-hydrogen) atoms. The molecule has 106 valence electrons. The van der Waals surface area contributed by atoms with Gasteiger partial charge in [0.05, 0.1) is 0 Å². The monoisotopic (exact) mass is 270 g/mol. The average Bonchev–Trinajstić information content (AvgIpc) is 3.32. The Morgan fingerprint density at radius 1 is 1.30 bits per heavy atom. The summed E-state index contributed by atoms with van der Waals surface area (Å²) in [5.41, 5.74) is 2.27.